The second kappa shape index (κ2) is 6.96. The zero-order valence-electron chi connectivity index (χ0n) is 16.2. The van der Waals surface area contributed by atoms with Crippen molar-refractivity contribution >= 4 is 11.5 Å². The van der Waals surface area contributed by atoms with Gasteiger partial charge >= 0.3 is 0 Å². The van der Waals surface area contributed by atoms with Gasteiger partial charge in [0.05, 0.1) is 24.6 Å². The third kappa shape index (κ3) is 2.89. The Morgan fingerprint density at radius 2 is 2.19 bits per heavy atom. The van der Waals surface area contributed by atoms with E-state index in [1.54, 1.807) is 7.11 Å². The number of anilines is 1. The molecule has 1 atom stereocenters. The summed E-state index contributed by atoms with van der Waals surface area (Å²) in [5.74, 6) is 9.50. The maximum atomic E-state index is 5.68. The molecule has 26 heavy (non-hydrogen) atoms. The van der Waals surface area contributed by atoms with Gasteiger partial charge < -0.3 is 10.1 Å². The number of ether oxygens (including phenoxy) is 1. The summed E-state index contributed by atoms with van der Waals surface area (Å²) in [5.41, 5.74) is 3.54. The van der Waals surface area contributed by atoms with Gasteiger partial charge in [0.2, 0.25) is 0 Å². The van der Waals surface area contributed by atoms with Crippen molar-refractivity contribution in [2.45, 2.75) is 44.4 Å². The molecule has 0 bridgehead atoms. The Morgan fingerprint density at radius 3 is 2.85 bits per heavy atom. The van der Waals surface area contributed by atoms with Gasteiger partial charge in [0.1, 0.15) is 11.6 Å². The van der Waals surface area contributed by atoms with Crippen molar-refractivity contribution in [2.24, 2.45) is 10.9 Å². The summed E-state index contributed by atoms with van der Waals surface area (Å²) >= 11 is 0. The Hall–Kier alpha value is -1.99. The van der Waals surface area contributed by atoms with E-state index in [-0.39, 0.29) is 5.41 Å². The van der Waals surface area contributed by atoms with E-state index < -0.39 is 0 Å². The van der Waals surface area contributed by atoms with Crippen LogP contribution in [0.15, 0.2) is 17.1 Å². The number of benzene rings is 1. The molecule has 4 heteroatoms. The molecular formula is C22H29N3O. The fourth-order valence-corrected chi connectivity index (χ4v) is 4.70. The summed E-state index contributed by atoms with van der Waals surface area (Å²) in [7, 11) is 3.62. The highest BCUT2D eigenvalue weighted by molar-refractivity contribution is 6.10. The van der Waals surface area contributed by atoms with Gasteiger partial charge in [-0.2, -0.15) is 0 Å². The summed E-state index contributed by atoms with van der Waals surface area (Å²) < 4.78 is 5.68. The molecule has 3 aliphatic rings. The molecule has 4 nitrogen and oxygen atoms in total. The van der Waals surface area contributed by atoms with Crippen molar-refractivity contribution in [2.75, 3.05) is 39.1 Å². The predicted molar refractivity (Wildman–Crippen MR) is 107 cm³/mol. The van der Waals surface area contributed by atoms with Gasteiger partial charge in [-0.25, -0.2) is 0 Å². The Kier molecular flexibility index (Phi) is 4.67. The molecule has 1 aliphatic carbocycles. The molecule has 0 amide bonds. The standard InChI is InChI=1S/C22H29N3O/c1-16-7-4-11-25(15-16)12-5-8-17-13-19-18(14-20(17)26-3)22(9-6-10-22)21(23-2)24-19/h13-14,16H,4,6-7,9-12,15H2,1-3H3,(H,23,24). The second-order valence-electron chi connectivity index (χ2n) is 8.02. The number of fused-ring (bicyclic) bond motifs is 2. The number of hydrogen-bond acceptors (Lipinski definition) is 3. The van der Waals surface area contributed by atoms with Crippen molar-refractivity contribution in [3.8, 4) is 17.6 Å². The Bertz CT molecular complexity index is 783. The topological polar surface area (TPSA) is 36.9 Å². The van der Waals surface area contributed by atoms with Gasteiger partial charge in [-0.3, -0.25) is 9.89 Å². The molecule has 1 spiro atoms. The molecular weight excluding hydrogens is 322 g/mol. The fourth-order valence-electron chi connectivity index (χ4n) is 4.70. The van der Waals surface area contributed by atoms with E-state index in [0.717, 1.165) is 41.8 Å². The molecule has 2 aliphatic heterocycles. The van der Waals surface area contributed by atoms with Crippen molar-refractivity contribution in [1.29, 1.82) is 0 Å². The van der Waals surface area contributed by atoms with Gasteiger partial charge in [0.25, 0.3) is 0 Å². The average molecular weight is 351 g/mol. The fraction of sp³-hybridized carbons (Fsp3) is 0.591. The van der Waals surface area contributed by atoms with E-state index in [2.05, 4.69) is 46.1 Å². The molecule has 1 saturated carbocycles. The van der Waals surface area contributed by atoms with E-state index >= 15 is 0 Å². The molecule has 4 rings (SSSR count). The summed E-state index contributed by atoms with van der Waals surface area (Å²) in [4.78, 5) is 6.98. The first-order chi connectivity index (χ1) is 12.7. The number of hydrogen-bond donors (Lipinski definition) is 1. The highest BCUT2D eigenvalue weighted by Gasteiger charge is 2.49. The van der Waals surface area contributed by atoms with Gasteiger partial charge in [0.15, 0.2) is 0 Å². The average Bonchev–Trinajstić information content (AvgIpc) is 2.94. The van der Waals surface area contributed by atoms with Crippen LogP contribution in [0.2, 0.25) is 0 Å². The lowest BCUT2D eigenvalue weighted by atomic mass is 9.65. The summed E-state index contributed by atoms with van der Waals surface area (Å²) in [5, 5.41) is 3.53. The zero-order valence-corrected chi connectivity index (χ0v) is 16.2. The molecule has 2 heterocycles. The van der Waals surface area contributed by atoms with Crippen LogP contribution in [0.1, 0.15) is 50.2 Å². The van der Waals surface area contributed by atoms with E-state index in [1.807, 2.05) is 7.05 Å². The first-order valence-corrected chi connectivity index (χ1v) is 9.84. The quantitative estimate of drug-likeness (QED) is 0.826. The van der Waals surface area contributed by atoms with Crippen LogP contribution < -0.4 is 10.1 Å². The van der Waals surface area contributed by atoms with Crippen LogP contribution in [0, 0.1) is 17.8 Å². The molecule has 1 N–H and O–H groups in total. The number of methoxy groups -OCH3 is 1. The van der Waals surface area contributed by atoms with Crippen LogP contribution in [0.25, 0.3) is 0 Å². The van der Waals surface area contributed by atoms with Crippen LogP contribution in [-0.4, -0.2) is 44.5 Å². The number of nitrogens with zero attached hydrogens (tertiary/aromatic N) is 2. The number of rotatable bonds is 2. The third-order valence-corrected chi connectivity index (χ3v) is 6.26. The van der Waals surface area contributed by atoms with Crippen LogP contribution >= 0.6 is 0 Å². The Labute approximate surface area is 157 Å². The summed E-state index contributed by atoms with van der Waals surface area (Å²) in [6.07, 6.45) is 6.23. The van der Waals surface area contributed by atoms with Crippen LogP contribution in [0.5, 0.6) is 5.75 Å². The first-order valence-electron chi connectivity index (χ1n) is 9.84. The summed E-state index contributed by atoms with van der Waals surface area (Å²) in [6.45, 7) is 5.50. The normalized spacial score (nSPS) is 25.2. The van der Waals surface area contributed by atoms with Crippen molar-refractivity contribution in [3.63, 3.8) is 0 Å². The van der Waals surface area contributed by atoms with E-state index in [9.17, 15) is 0 Å². The van der Waals surface area contributed by atoms with E-state index in [0.29, 0.717) is 0 Å². The third-order valence-electron chi connectivity index (χ3n) is 6.26. The van der Waals surface area contributed by atoms with Crippen LogP contribution in [0.4, 0.5) is 5.69 Å². The minimum Gasteiger partial charge on any atom is -0.495 e. The Balaban J connectivity index is 1.58. The first kappa shape index (κ1) is 17.4. The smallest absolute Gasteiger partial charge is 0.134 e. The largest absolute Gasteiger partial charge is 0.495 e. The molecule has 1 aromatic rings. The molecule has 1 unspecified atom stereocenters. The van der Waals surface area contributed by atoms with Gasteiger partial charge in [-0.05, 0) is 55.8 Å². The van der Waals surface area contributed by atoms with Crippen molar-refractivity contribution in [3.05, 3.63) is 23.3 Å². The maximum absolute atomic E-state index is 5.68. The van der Waals surface area contributed by atoms with Crippen LogP contribution in [0.3, 0.4) is 0 Å². The van der Waals surface area contributed by atoms with E-state index in [4.69, 9.17) is 4.74 Å². The minimum atomic E-state index is 0.0905. The highest BCUT2D eigenvalue weighted by Crippen LogP contribution is 2.52. The minimum absolute atomic E-state index is 0.0905. The molecule has 0 aromatic heterocycles. The molecule has 0 radical (unpaired) electrons. The Morgan fingerprint density at radius 1 is 1.35 bits per heavy atom. The lowest BCUT2D eigenvalue weighted by Crippen LogP contribution is -2.41. The lowest BCUT2D eigenvalue weighted by molar-refractivity contribution is 0.204. The monoisotopic (exact) mass is 351 g/mol. The maximum Gasteiger partial charge on any atom is 0.134 e. The number of piperidine rings is 1. The van der Waals surface area contributed by atoms with Gasteiger partial charge in [-0.15, -0.1) is 0 Å². The second-order valence-corrected chi connectivity index (χ2v) is 8.02. The molecule has 138 valence electrons. The molecule has 2 fully saturated rings. The number of amidine groups is 1. The molecule has 1 aromatic carbocycles. The van der Waals surface area contributed by atoms with Crippen molar-refractivity contribution in [1.82, 2.24) is 4.90 Å². The summed E-state index contributed by atoms with van der Waals surface area (Å²) in [6, 6.07) is 4.34. The number of nitrogens with one attached hydrogen (secondary N) is 1. The number of aliphatic imine (C=N–C) groups is 1. The zero-order chi connectivity index (χ0) is 18.1. The van der Waals surface area contributed by atoms with Gasteiger partial charge in [0, 0.05) is 19.3 Å². The number of likely N-dealkylation sites (tertiary alicyclic amines) is 1. The SMILES string of the molecule is CN=C1Nc2cc(C#CCN3CCCC(C)C3)c(OC)cc2C12CCC2. The predicted octanol–water partition coefficient (Wildman–Crippen LogP) is 3.65. The van der Waals surface area contributed by atoms with Crippen LogP contribution in [-0.2, 0) is 5.41 Å². The van der Waals surface area contributed by atoms with Gasteiger partial charge in [-0.1, -0.05) is 25.2 Å². The highest BCUT2D eigenvalue weighted by atomic mass is 16.5. The molecule has 1 saturated heterocycles. The van der Waals surface area contributed by atoms with E-state index in [1.165, 1.54) is 44.2 Å². The lowest BCUT2D eigenvalue weighted by Gasteiger charge is -2.38. The van der Waals surface area contributed by atoms with Crippen molar-refractivity contribution < 1.29 is 4.74 Å².